The van der Waals surface area contributed by atoms with Crippen LogP contribution in [-0.4, -0.2) is 54.3 Å². The van der Waals surface area contributed by atoms with Crippen LogP contribution in [0.15, 0.2) is 88.7 Å². The van der Waals surface area contributed by atoms with Gasteiger partial charge in [-0.15, -0.1) is 0 Å². The van der Waals surface area contributed by atoms with E-state index in [1.807, 2.05) is 0 Å². The van der Waals surface area contributed by atoms with Crippen LogP contribution < -0.4 is 14.8 Å². The van der Waals surface area contributed by atoms with E-state index in [2.05, 4.69) is 10.0 Å². The molecule has 0 aliphatic rings. The van der Waals surface area contributed by atoms with Crippen LogP contribution in [0.3, 0.4) is 0 Å². The van der Waals surface area contributed by atoms with Gasteiger partial charge in [-0.3, -0.25) is 9.52 Å². The number of ether oxygens (including phenoxy) is 1. The third-order valence-electron chi connectivity index (χ3n) is 4.69. The Labute approximate surface area is 199 Å². The zero-order valence-electron chi connectivity index (χ0n) is 18.6. The van der Waals surface area contributed by atoms with Gasteiger partial charge in [-0.2, -0.15) is 0 Å². The number of amides is 1. The first-order valence-corrected chi connectivity index (χ1v) is 13.1. The molecule has 11 heteroatoms. The van der Waals surface area contributed by atoms with Crippen molar-refractivity contribution in [2.45, 2.75) is 9.79 Å². The monoisotopic (exact) mass is 503 g/mol. The molecule has 1 amide bonds. The van der Waals surface area contributed by atoms with E-state index >= 15 is 0 Å². The maximum Gasteiger partial charge on any atom is 0.261 e. The number of carbonyl (C=O) groups is 1. The molecular formula is C23H25N3O6S2. The molecule has 9 nitrogen and oxygen atoms in total. The van der Waals surface area contributed by atoms with Crippen LogP contribution in [0, 0.1) is 0 Å². The van der Waals surface area contributed by atoms with E-state index in [-0.39, 0.29) is 34.2 Å². The maximum atomic E-state index is 12.5. The SMILES string of the molecule is CN(C)S(=O)(=O)c1ccc(OCCNC(=O)c2cccc(NS(=O)(=O)c3ccccc3)c2)cc1. The molecule has 0 radical (unpaired) electrons. The number of nitrogens with one attached hydrogen (secondary N) is 2. The smallest absolute Gasteiger partial charge is 0.261 e. The van der Waals surface area contributed by atoms with Crippen molar-refractivity contribution in [3.05, 3.63) is 84.4 Å². The highest BCUT2D eigenvalue weighted by molar-refractivity contribution is 7.92. The molecule has 0 fully saturated rings. The minimum atomic E-state index is -3.77. The maximum absolute atomic E-state index is 12.5. The van der Waals surface area contributed by atoms with Crippen LogP contribution in [-0.2, 0) is 20.0 Å². The highest BCUT2D eigenvalue weighted by atomic mass is 32.2. The number of rotatable bonds is 10. The number of nitrogens with zero attached hydrogens (tertiary/aromatic N) is 1. The predicted octanol–water partition coefficient (Wildman–Crippen LogP) is 2.55. The normalized spacial score (nSPS) is 11.7. The fourth-order valence-electron chi connectivity index (χ4n) is 2.89. The quantitative estimate of drug-likeness (QED) is 0.410. The van der Waals surface area contributed by atoms with Crippen LogP contribution >= 0.6 is 0 Å². The summed E-state index contributed by atoms with van der Waals surface area (Å²) in [4.78, 5) is 12.7. The van der Waals surface area contributed by atoms with Gasteiger partial charge in [0.2, 0.25) is 10.0 Å². The second-order valence-electron chi connectivity index (χ2n) is 7.36. The molecule has 2 N–H and O–H groups in total. The molecule has 0 aromatic heterocycles. The topological polar surface area (TPSA) is 122 Å². The summed E-state index contributed by atoms with van der Waals surface area (Å²) in [6, 6.07) is 20.1. The van der Waals surface area contributed by atoms with Gasteiger partial charge in [-0.25, -0.2) is 21.1 Å². The molecule has 34 heavy (non-hydrogen) atoms. The first-order valence-electron chi connectivity index (χ1n) is 10.2. The van der Waals surface area contributed by atoms with E-state index < -0.39 is 26.0 Å². The van der Waals surface area contributed by atoms with Gasteiger partial charge in [0, 0.05) is 25.3 Å². The zero-order valence-corrected chi connectivity index (χ0v) is 20.3. The van der Waals surface area contributed by atoms with E-state index in [0.717, 1.165) is 4.31 Å². The largest absolute Gasteiger partial charge is 0.492 e. The summed E-state index contributed by atoms with van der Waals surface area (Å²) < 4.78 is 58.3. The molecule has 0 spiro atoms. The molecule has 0 saturated heterocycles. The minimum absolute atomic E-state index is 0.120. The van der Waals surface area contributed by atoms with E-state index in [1.165, 1.54) is 44.4 Å². The van der Waals surface area contributed by atoms with Gasteiger partial charge in [0.15, 0.2) is 0 Å². The number of hydrogen-bond donors (Lipinski definition) is 2. The Kier molecular flexibility index (Phi) is 7.92. The Balaban J connectivity index is 1.53. The van der Waals surface area contributed by atoms with Gasteiger partial charge in [0.05, 0.1) is 16.3 Å². The minimum Gasteiger partial charge on any atom is -0.492 e. The Hall–Kier alpha value is -3.41. The van der Waals surface area contributed by atoms with E-state index in [0.29, 0.717) is 5.75 Å². The predicted molar refractivity (Wildman–Crippen MR) is 129 cm³/mol. The van der Waals surface area contributed by atoms with Crippen LogP contribution in [0.25, 0.3) is 0 Å². The molecule has 0 unspecified atom stereocenters. The molecule has 3 rings (SSSR count). The number of hydrogen-bond acceptors (Lipinski definition) is 6. The van der Waals surface area contributed by atoms with Gasteiger partial charge < -0.3 is 10.1 Å². The molecule has 0 heterocycles. The highest BCUT2D eigenvalue weighted by Gasteiger charge is 2.17. The second-order valence-corrected chi connectivity index (χ2v) is 11.2. The number of carbonyl (C=O) groups excluding carboxylic acids is 1. The van der Waals surface area contributed by atoms with Gasteiger partial charge >= 0.3 is 0 Å². The lowest BCUT2D eigenvalue weighted by Gasteiger charge is -2.12. The van der Waals surface area contributed by atoms with Crippen LogP contribution in [0.4, 0.5) is 5.69 Å². The first kappa shape index (κ1) is 25.2. The van der Waals surface area contributed by atoms with Crippen molar-refractivity contribution in [1.82, 2.24) is 9.62 Å². The van der Waals surface area contributed by atoms with Crippen molar-refractivity contribution in [2.24, 2.45) is 0 Å². The van der Waals surface area contributed by atoms with Crippen LogP contribution in [0.2, 0.25) is 0 Å². The summed E-state index contributed by atoms with van der Waals surface area (Å²) in [5.41, 5.74) is 0.548. The van der Waals surface area contributed by atoms with Crippen molar-refractivity contribution < 1.29 is 26.4 Å². The number of benzene rings is 3. The summed E-state index contributed by atoms with van der Waals surface area (Å²) in [5, 5.41) is 2.70. The average Bonchev–Trinajstić information content (AvgIpc) is 2.82. The van der Waals surface area contributed by atoms with Gasteiger partial charge in [-0.1, -0.05) is 24.3 Å². The summed E-state index contributed by atoms with van der Waals surface area (Å²) in [6.45, 7) is 0.350. The van der Waals surface area contributed by atoms with Crippen molar-refractivity contribution in [1.29, 1.82) is 0 Å². The van der Waals surface area contributed by atoms with Crippen molar-refractivity contribution in [3.8, 4) is 5.75 Å². The van der Waals surface area contributed by atoms with Crippen molar-refractivity contribution >= 4 is 31.6 Å². The number of anilines is 1. The van der Waals surface area contributed by atoms with Crippen LogP contribution in [0.5, 0.6) is 5.75 Å². The van der Waals surface area contributed by atoms with Crippen molar-refractivity contribution in [3.63, 3.8) is 0 Å². The molecule has 0 aliphatic carbocycles. The Bertz CT molecular complexity index is 1340. The molecule has 0 atom stereocenters. The molecular weight excluding hydrogens is 478 g/mol. The molecule has 0 saturated carbocycles. The van der Waals surface area contributed by atoms with E-state index in [9.17, 15) is 21.6 Å². The average molecular weight is 504 g/mol. The fraction of sp³-hybridized carbons (Fsp3) is 0.174. The third-order valence-corrected chi connectivity index (χ3v) is 7.92. The third kappa shape index (κ3) is 6.34. The summed E-state index contributed by atoms with van der Waals surface area (Å²) in [6.07, 6.45) is 0. The Morgan fingerprint density at radius 3 is 2.18 bits per heavy atom. The summed E-state index contributed by atoms with van der Waals surface area (Å²) >= 11 is 0. The lowest BCUT2D eigenvalue weighted by atomic mass is 10.2. The number of sulfonamides is 2. The molecule has 0 aliphatic heterocycles. The zero-order chi connectivity index (χ0) is 24.8. The summed E-state index contributed by atoms with van der Waals surface area (Å²) in [7, 11) is -4.37. The molecule has 3 aromatic rings. The second kappa shape index (κ2) is 10.7. The molecule has 180 valence electrons. The van der Waals surface area contributed by atoms with Gasteiger partial charge in [0.25, 0.3) is 15.9 Å². The first-order chi connectivity index (χ1) is 16.1. The van der Waals surface area contributed by atoms with E-state index in [1.54, 1.807) is 48.5 Å². The highest BCUT2D eigenvalue weighted by Crippen LogP contribution is 2.19. The Morgan fingerprint density at radius 2 is 1.53 bits per heavy atom. The summed E-state index contributed by atoms with van der Waals surface area (Å²) in [5.74, 6) is 0.0704. The lowest BCUT2D eigenvalue weighted by molar-refractivity contribution is 0.0947. The van der Waals surface area contributed by atoms with E-state index in [4.69, 9.17) is 4.74 Å². The Morgan fingerprint density at radius 1 is 0.853 bits per heavy atom. The molecule has 3 aromatic carbocycles. The molecule has 0 bridgehead atoms. The lowest BCUT2D eigenvalue weighted by Crippen LogP contribution is -2.28. The fourth-order valence-corrected chi connectivity index (χ4v) is 4.86. The van der Waals surface area contributed by atoms with Gasteiger partial charge in [0.1, 0.15) is 12.4 Å². The van der Waals surface area contributed by atoms with Crippen molar-refractivity contribution in [2.75, 3.05) is 32.0 Å². The standard InChI is InChI=1S/C23H25N3O6S2/c1-26(2)34(30,31)22-13-11-20(12-14-22)32-16-15-24-23(27)18-7-6-8-19(17-18)25-33(28,29)21-9-4-3-5-10-21/h3-14,17,25H,15-16H2,1-2H3,(H,24,27). The van der Waals surface area contributed by atoms with Gasteiger partial charge in [-0.05, 0) is 54.6 Å². The van der Waals surface area contributed by atoms with Crippen LogP contribution in [0.1, 0.15) is 10.4 Å².